The van der Waals surface area contributed by atoms with Crippen LogP contribution in [0.15, 0.2) is 67.0 Å². The van der Waals surface area contributed by atoms with Crippen LogP contribution in [-0.2, 0) is 4.74 Å². The van der Waals surface area contributed by atoms with Gasteiger partial charge in [-0.3, -0.25) is 9.69 Å². The molecule has 5 rings (SSSR count). The average molecular weight is 548 g/mol. The topological polar surface area (TPSA) is 97.8 Å². The molecule has 1 aliphatic heterocycles. The summed E-state index contributed by atoms with van der Waals surface area (Å²) >= 11 is 6.00. The molecular formula is C29H30ClN5O4. The average Bonchev–Trinajstić information content (AvgIpc) is 2.96. The predicted molar refractivity (Wildman–Crippen MR) is 153 cm³/mol. The fourth-order valence-corrected chi connectivity index (χ4v) is 4.53. The van der Waals surface area contributed by atoms with E-state index in [1.165, 1.54) is 6.33 Å². The molecular weight excluding hydrogens is 518 g/mol. The highest BCUT2D eigenvalue weighted by Crippen LogP contribution is 2.35. The lowest BCUT2D eigenvalue weighted by Crippen LogP contribution is -2.37. The maximum absolute atomic E-state index is 12.5. The minimum Gasteiger partial charge on any atom is -0.493 e. The van der Waals surface area contributed by atoms with E-state index in [1.807, 2.05) is 36.4 Å². The van der Waals surface area contributed by atoms with Gasteiger partial charge in [-0.2, -0.15) is 0 Å². The number of hydrogen-bond donors (Lipinski definition) is 2. The molecule has 0 aliphatic carbocycles. The molecule has 0 radical (unpaired) electrons. The number of aromatic nitrogens is 2. The SMILES string of the molecule is COc1cc2c(Nc3ccc(NC(=O)c4cccc(Cl)c4)cc3)ncnc2cc1OCCCN1CCOCC1. The Bertz CT molecular complexity index is 1430. The highest BCUT2D eigenvalue weighted by molar-refractivity contribution is 6.31. The van der Waals surface area contributed by atoms with Crippen LogP contribution in [0.2, 0.25) is 5.02 Å². The van der Waals surface area contributed by atoms with Crippen LogP contribution in [0, 0.1) is 0 Å². The number of hydrogen-bond acceptors (Lipinski definition) is 8. The van der Waals surface area contributed by atoms with Crippen LogP contribution < -0.4 is 20.1 Å². The van der Waals surface area contributed by atoms with E-state index in [-0.39, 0.29) is 5.91 Å². The third-order valence-corrected chi connectivity index (χ3v) is 6.63. The Morgan fingerprint density at radius 3 is 2.59 bits per heavy atom. The summed E-state index contributed by atoms with van der Waals surface area (Å²) < 4.78 is 17.1. The highest BCUT2D eigenvalue weighted by Gasteiger charge is 2.14. The number of halogens is 1. The first kappa shape index (κ1) is 26.7. The number of carbonyl (C=O) groups excluding carboxylic acids is 1. The third-order valence-electron chi connectivity index (χ3n) is 6.39. The van der Waals surface area contributed by atoms with Gasteiger partial charge in [-0.25, -0.2) is 9.97 Å². The number of fused-ring (bicyclic) bond motifs is 1. The van der Waals surface area contributed by atoms with Crippen LogP contribution in [0.4, 0.5) is 17.2 Å². The maximum Gasteiger partial charge on any atom is 0.255 e. The third kappa shape index (κ3) is 6.94. The van der Waals surface area contributed by atoms with Crippen molar-refractivity contribution in [3.05, 3.63) is 77.6 Å². The van der Waals surface area contributed by atoms with Crippen molar-refractivity contribution in [2.24, 2.45) is 0 Å². The van der Waals surface area contributed by atoms with Gasteiger partial charge >= 0.3 is 0 Å². The Morgan fingerprint density at radius 2 is 1.82 bits per heavy atom. The van der Waals surface area contributed by atoms with E-state index in [4.69, 9.17) is 25.8 Å². The van der Waals surface area contributed by atoms with Gasteiger partial charge in [0.2, 0.25) is 0 Å². The Morgan fingerprint density at radius 1 is 1.03 bits per heavy atom. The van der Waals surface area contributed by atoms with Gasteiger partial charge in [0.1, 0.15) is 12.1 Å². The summed E-state index contributed by atoms with van der Waals surface area (Å²) in [5, 5.41) is 7.52. The molecule has 0 spiro atoms. The van der Waals surface area contributed by atoms with Gasteiger partial charge in [0, 0.05) is 53.0 Å². The van der Waals surface area contributed by atoms with Crippen LogP contribution in [-0.4, -0.2) is 67.3 Å². The Hall–Kier alpha value is -3.92. The van der Waals surface area contributed by atoms with Gasteiger partial charge in [-0.1, -0.05) is 17.7 Å². The molecule has 1 aliphatic rings. The smallest absolute Gasteiger partial charge is 0.255 e. The number of carbonyl (C=O) groups is 1. The molecule has 1 saturated heterocycles. The van der Waals surface area contributed by atoms with E-state index in [1.54, 1.807) is 31.4 Å². The lowest BCUT2D eigenvalue weighted by atomic mass is 10.2. The van der Waals surface area contributed by atoms with E-state index in [2.05, 4.69) is 25.5 Å². The summed E-state index contributed by atoms with van der Waals surface area (Å²) in [6.45, 7) is 5.06. The number of amides is 1. The molecule has 0 atom stereocenters. The lowest BCUT2D eigenvalue weighted by molar-refractivity contribution is 0.0357. The maximum atomic E-state index is 12.5. The van der Waals surface area contributed by atoms with Crippen molar-refractivity contribution in [2.75, 3.05) is 57.2 Å². The lowest BCUT2D eigenvalue weighted by Gasteiger charge is -2.26. The van der Waals surface area contributed by atoms with Crippen molar-refractivity contribution in [1.82, 2.24) is 14.9 Å². The molecule has 2 N–H and O–H groups in total. The first-order valence-electron chi connectivity index (χ1n) is 12.8. The van der Waals surface area contributed by atoms with Crippen LogP contribution in [0.3, 0.4) is 0 Å². The second-order valence-electron chi connectivity index (χ2n) is 9.07. The summed E-state index contributed by atoms with van der Waals surface area (Å²) in [6.07, 6.45) is 2.42. The number of rotatable bonds is 10. The Kier molecular flexibility index (Phi) is 8.72. The van der Waals surface area contributed by atoms with E-state index < -0.39 is 0 Å². The Balaban J connectivity index is 1.24. The summed E-state index contributed by atoms with van der Waals surface area (Å²) in [5.41, 5.74) is 2.70. The van der Waals surface area contributed by atoms with Crippen LogP contribution in [0.5, 0.6) is 11.5 Å². The molecule has 9 nitrogen and oxygen atoms in total. The van der Waals surface area contributed by atoms with Crippen molar-refractivity contribution >= 4 is 45.6 Å². The van der Waals surface area contributed by atoms with Crippen molar-refractivity contribution in [3.63, 3.8) is 0 Å². The summed E-state index contributed by atoms with van der Waals surface area (Å²) in [6, 6.07) is 17.9. The fraction of sp³-hybridized carbons (Fsp3) is 0.276. The number of ether oxygens (including phenoxy) is 3. The summed E-state index contributed by atoms with van der Waals surface area (Å²) in [4.78, 5) is 23.8. The summed E-state index contributed by atoms with van der Waals surface area (Å²) in [5.74, 6) is 1.67. The molecule has 0 saturated carbocycles. The monoisotopic (exact) mass is 547 g/mol. The minimum atomic E-state index is -0.230. The quantitative estimate of drug-likeness (QED) is 0.255. The second kappa shape index (κ2) is 12.8. The number of nitrogens with zero attached hydrogens (tertiary/aromatic N) is 3. The Labute approximate surface area is 232 Å². The molecule has 4 aromatic rings. The first-order valence-corrected chi connectivity index (χ1v) is 13.2. The van der Waals surface area contributed by atoms with E-state index >= 15 is 0 Å². The molecule has 1 fully saturated rings. The van der Waals surface area contributed by atoms with Gasteiger partial charge in [0.15, 0.2) is 11.5 Å². The molecule has 2 heterocycles. The minimum absolute atomic E-state index is 0.230. The zero-order valence-corrected chi connectivity index (χ0v) is 22.4. The molecule has 10 heteroatoms. The second-order valence-corrected chi connectivity index (χ2v) is 9.50. The molecule has 3 aromatic carbocycles. The molecule has 0 unspecified atom stereocenters. The number of morpholine rings is 1. The highest BCUT2D eigenvalue weighted by atomic mass is 35.5. The molecule has 39 heavy (non-hydrogen) atoms. The zero-order valence-electron chi connectivity index (χ0n) is 21.7. The van der Waals surface area contributed by atoms with Crippen molar-refractivity contribution in [3.8, 4) is 11.5 Å². The summed E-state index contributed by atoms with van der Waals surface area (Å²) in [7, 11) is 1.62. The van der Waals surface area contributed by atoms with E-state index in [0.717, 1.165) is 55.9 Å². The molecule has 202 valence electrons. The van der Waals surface area contributed by atoms with Gasteiger partial charge in [0.05, 0.1) is 32.4 Å². The van der Waals surface area contributed by atoms with Crippen molar-refractivity contribution < 1.29 is 19.0 Å². The van der Waals surface area contributed by atoms with Crippen LogP contribution >= 0.6 is 11.6 Å². The predicted octanol–water partition coefficient (Wildman–Crippen LogP) is 5.39. The van der Waals surface area contributed by atoms with Gasteiger partial charge in [-0.15, -0.1) is 0 Å². The standard InChI is InChI=1S/C29H30ClN5O4/c1-37-26-17-24-25(18-27(26)39-13-3-10-35-11-14-38-15-12-35)31-19-32-28(24)33-22-6-8-23(9-7-22)34-29(36)20-4-2-5-21(30)16-20/h2,4-9,16-19H,3,10-15H2,1H3,(H,34,36)(H,31,32,33). The fourth-order valence-electron chi connectivity index (χ4n) is 4.34. The van der Waals surface area contributed by atoms with Crippen LogP contribution in [0.1, 0.15) is 16.8 Å². The first-order chi connectivity index (χ1) is 19.1. The molecule has 1 amide bonds. The zero-order chi connectivity index (χ0) is 27.0. The van der Waals surface area contributed by atoms with Crippen molar-refractivity contribution in [1.29, 1.82) is 0 Å². The van der Waals surface area contributed by atoms with Gasteiger partial charge in [-0.05, 0) is 55.0 Å². The number of benzene rings is 3. The van der Waals surface area contributed by atoms with Crippen molar-refractivity contribution in [2.45, 2.75) is 6.42 Å². The van der Waals surface area contributed by atoms with E-state index in [9.17, 15) is 4.79 Å². The molecule has 1 aromatic heterocycles. The number of nitrogens with one attached hydrogen (secondary N) is 2. The van der Waals surface area contributed by atoms with E-state index in [0.29, 0.717) is 40.2 Å². The molecule has 0 bridgehead atoms. The van der Waals surface area contributed by atoms with Gasteiger partial charge in [0.25, 0.3) is 5.91 Å². The number of anilines is 3. The van der Waals surface area contributed by atoms with Gasteiger partial charge < -0.3 is 24.8 Å². The number of methoxy groups -OCH3 is 1. The van der Waals surface area contributed by atoms with Crippen LogP contribution in [0.25, 0.3) is 10.9 Å². The normalized spacial score (nSPS) is 13.7. The largest absolute Gasteiger partial charge is 0.493 e.